The fourth-order valence-electron chi connectivity index (χ4n) is 1.36. The van der Waals surface area contributed by atoms with E-state index in [-0.39, 0.29) is 11.3 Å². The molecule has 0 saturated carbocycles. The summed E-state index contributed by atoms with van der Waals surface area (Å²) < 4.78 is 4.79. The molecule has 1 aromatic heterocycles. The van der Waals surface area contributed by atoms with E-state index in [0.29, 0.717) is 10.9 Å². The van der Waals surface area contributed by atoms with Crippen molar-refractivity contribution in [3.63, 3.8) is 0 Å². The lowest BCUT2D eigenvalue weighted by Gasteiger charge is -2.03. The molecule has 2 N–H and O–H groups in total. The van der Waals surface area contributed by atoms with Gasteiger partial charge in [0.15, 0.2) is 11.3 Å². The Morgan fingerprint density at radius 3 is 2.71 bits per heavy atom. The zero-order chi connectivity index (χ0) is 10.3. The summed E-state index contributed by atoms with van der Waals surface area (Å²) in [5.74, 6) is -0.699. The summed E-state index contributed by atoms with van der Waals surface area (Å²) >= 11 is 0. The van der Waals surface area contributed by atoms with Gasteiger partial charge in [0.1, 0.15) is 0 Å². The smallest absolute Gasteiger partial charge is 0.336 e. The molecule has 1 heterocycles. The molecule has 4 heteroatoms. The monoisotopic (exact) mass is 192 g/mol. The van der Waals surface area contributed by atoms with Gasteiger partial charge in [-0.15, -0.1) is 0 Å². The minimum Gasteiger partial charge on any atom is -0.504 e. The van der Waals surface area contributed by atoms with Gasteiger partial charge in [-0.1, -0.05) is 0 Å². The van der Waals surface area contributed by atoms with Gasteiger partial charge in [0, 0.05) is 11.5 Å². The van der Waals surface area contributed by atoms with Crippen LogP contribution >= 0.6 is 0 Å². The molecular weight excluding hydrogens is 184 g/mol. The van der Waals surface area contributed by atoms with Crippen LogP contribution < -0.4 is 5.63 Å². The molecule has 0 aliphatic rings. The van der Waals surface area contributed by atoms with E-state index in [1.807, 2.05) is 0 Å². The Morgan fingerprint density at radius 1 is 1.29 bits per heavy atom. The number of rotatable bonds is 0. The number of aromatic hydroxyl groups is 2. The zero-order valence-corrected chi connectivity index (χ0v) is 7.44. The van der Waals surface area contributed by atoms with Crippen molar-refractivity contribution in [2.24, 2.45) is 0 Å². The Balaban J connectivity index is 3.02. The van der Waals surface area contributed by atoms with Crippen molar-refractivity contribution in [1.82, 2.24) is 0 Å². The van der Waals surface area contributed by atoms with Crippen LogP contribution in [0.3, 0.4) is 0 Å². The first-order valence-electron chi connectivity index (χ1n) is 4.05. The molecule has 1 aromatic carbocycles. The minimum atomic E-state index is -0.545. The lowest BCUT2D eigenvalue weighted by Crippen LogP contribution is -1.97. The van der Waals surface area contributed by atoms with Crippen LogP contribution in [0.2, 0.25) is 0 Å². The van der Waals surface area contributed by atoms with Gasteiger partial charge in [-0.25, -0.2) is 4.79 Å². The van der Waals surface area contributed by atoms with Gasteiger partial charge < -0.3 is 14.6 Å². The third-order valence-electron chi connectivity index (χ3n) is 2.07. The lowest BCUT2D eigenvalue weighted by atomic mass is 10.1. The largest absolute Gasteiger partial charge is 0.504 e. The Labute approximate surface area is 79.0 Å². The molecule has 0 aliphatic carbocycles. The average molecular weight is 192 g/mol. The molecule has 4 nitrogen and oxygen atoms in total. The summed E-state index contributed by atoms with van der Waals surface area (Å²) in [4.78, 5) is 11.0. The third-order valence-corrected chi connectivity index (χ3v) is 2.07. The van der Waals surface area contributed by atoms with E-state index < -0.39 is 11.4 Å². The van der Waals surface area contributed by atoms with Gasteiger partial charge in [0.2, 0.25) is 5.75 Å². The van der Waals surface area contributed by atoms with Crippen LogP contribution in [-0.2, 0) is 0 Å². The number of benzene rings is 1. The van der Waals surface area contributed by atoms with E-state index in [4.69, 9.17) is 4.42 Å². The fourth-order valence-corrected chi connectivity index (χ4v) is 1.36. The van der Waals surface area contributed by atoms with Gasteiger partial charge in [-0.3, -0.25) is 0 Å². The highest BCUT2D eigenvalue weighted by molar-refractivity contribution is 5.87. The van der Waals surface area contributed by atoms with E-state index in [2.05, 4.69) is 0 Å². The zero-order valence-electron chi connectivity index (χ0n) is 7.44. The maximum absolute atomic E-state index is 11.0. The highest BCUT2D eigenvalue weighted by atomic mass is 16.4. The predicted octanol–water partition coefficient (Wildman–Crippen LogP) is 1.51. The minimum absolute atomic E-state index is 0.0231. The van der Waals surface area contributed by atoms with Crippen LogP contribution in [0.5, 0.6) is 11.5 Å². The van der Waals surface area contributed by atoms with Crippen molar-refractivity contribution < 1.29 is 14.6 Å². The summed E-state index contributed by atoms with van der Waals surface area (Å²) in [5, 5.41) is 19.2. The molecule has 0 aliphatic heterocycles. The number of aryl methyl sites for hydroxylation is 1. The van der Waals surface area contributed by atoms with Gasteiger partial charge in [0.05, 0.1) is 0 Å². The molecule has 14 heavy (non-hydrogen) atoms. The highest BCUT2D eigenvalue weighted by Gasteiger charge is 2.09. The summed E-state index contributed by atoms with van der Waals surface area (Å²) in [6.07, 6.45) is 0. The SMILES string of the molecule is Cc1cc(=O)oc2c(O)c(O)ccc12. The van der Waals surface area contributed by atoms with Crippen molar-refractivity contribution in [3.05, 3.63) is 34.2 Å². The van der Waals surface area contributed by atoms with Gasteiger partial charge in [-0.2, -0.15) is 0 Å². The van der Waals surface area contributed by atoms with Crippen molar-refractivity contribution in [1.29, 1.82) is 0 Å². The Hall–Kier alpha value is -1.97. The summed E-state index contributed by atoms with van der Waals surface area (Å²) in [5.41, 5.74) is 0.178. The van der Waals surface area contributed by atoms with Crippen LogP contribution in [0.4, 0.5) is 0 Å². The van der Waals surface area contributed by atoms with Crippen molar-refractivity contribution in [3.8, 4) is 11.5 Å². The fraction of sp³-hybridized carbons (Fsp3) is 0.100. The molecule has 2 rings (SSSR count). The molecule has 0 fully saturated rings. The predicted molar refractivity (Wildman–Crippen MR) is 50.6 cm³/mol. The number of hydrogen-bond donors (Lipinski definition) is 2. The summed E-state index contributed by atoms with van der Waals surface area (Å²) in [6.45, 7) is 1.73. The molecule has 0 spiro atoms. The molecule has 2 aromatic rings. The van der Waals surface area contributed by atoms with Gasteiger partial charge >= 0.3 is 5.63 Å². The second-order valence-electron chi connectivity index (χ2n) is 3.06. The maximum atomic E-state index is 11.0. The third kappa shape index (κ3) is 1.12. The van der Waals surface area contributed by atoms with Gasteiger partial charge in [0.25, 0.3) is 0 Å². The maximum Gasteiger partial charge on any atom is 0.336 e. The molecule has 0 unspecified atom stereocenters. The standard InChI is InChI=1S/C10H8O4/c1-5-4-8(12)14-10-6(5)2-3-7(11)9(10)13/h2-4,11,13H,1H3. The van der Waals surface area contributed by atoms with E-state index in [1.165, 1.54) is 12.1 Å². The Morgan fingerprint density at radius 2 is 2.00 bits per heavy atom. The Bertz CT molecular complexity index is 554. The lowest BCUT2D eigenvalue weighted by molar-refractivity contribution is 0.397. The molecule has 0 amide bonds. The Kier molecular flexibility index (Phi) is 1.70. The number of hydrogen-bond acceptors (Lipinski definition) is 4. The molecular formula is C10H8O4. The normalized spacial score (nSPS) is 10.6. The molecule has 72 valence electrons. The highest BCUT2D eigenvalue weighted by Crippen LogP contribution is 2.33. The molecule has 0 radical (unpaired) electrons. The van der Waals surface area contributed by atoms with E-state index in [1.54, 1.807) is 13.0 Å². The van der Waals surface area contributed by atoms with Gasteiger partial charge in [-0.05, 0) is 24.6 Å². The van der Waals surface area contributed by atoms with E-state index >= 15 is 0 Å². The number of phenols is 2. The van der Waals surface area contributed by atoms with Crippen molar-refractivity contribution in [2.75, 3.05) is 0 Å². The van der Waals surface area contributed by atoms with Crippen LogP contribution in [0.15, 0.2) is 27.4 Å². The van der Waals surface area contributed by atoms with E-state index in [9.17, 15) is 15.0 Å². The molecule has 0 saturated heterocycles. The second kappa shape index (κ2) is 2.77. The van der Waals surface area contributed by atoms with Crippen LogP contribution in [-0.4, -0.2) is 10.2 Å². The first kappa shape index (κ1) is 8.62. The van der Waals surface area contributed by atoms with E-state index in [0.717, 1.165) is 0 Å². The van der Waals surface area contributed by atoms with Crippen LogP contribution in [0, 0.1) is 6.92 Å². The summed E-state index contributed by atoms with van der Waals surface area (Å²) in [7, 11) is 0. The van der Waals surface area contributed by atoms with Crippen LogP contribution in [0.25, 0.3) is 11.0 Å². The molecule has 0 atom stereocenters. The first-order chi connectivity index (χ1) is 6.59. The van der Waals surface area contributed by atoms with Crippen molar-refractivity contribution >= 4 is 11.0 Å². The van der Waals surface area contributed by atoms with Crippen molar-refractivity contribution in [2.45, 2.75) is 6.92 Å². The quantitative estimate of drug-likeness (QED) is 0.490. The molecule has 0 bridgehead atoms. The first-order valence-corrected chi connectivity index (χ1v) is 4.05. The summed E-state index contributed by atoms with van der Waals surface area (Å²) in [6, 6.07) is 4.27. The second-order valence-corrected chi connectivity index (χ2v) is 3.06. The number of fused-ring (bicyclic) bond motifs is 1. The number of phenolic OH excluding ortho intramolecular Hbond substituents is 2. The topological polar surface area (TPSA) is 70.7 Å². The van der Waals surface area contributed by atoms with Crippen LogP contribution in [0.1, 0.15) is 5.56 Å². The average Bonchev–Trinajstić information content (AvgIpc) is 2.12.